The highest BCUT2D eigenvalue weighted by molar-refractivity contribution is 5.86. The number of aliphatic carboxylic acids is 1. The molecule has 6 nitrogen and oxygen atoms in total. The van der Waals surface area contributed by atoms with Crippen LogP contribution in [0.1, 0.15) is 13.3 Å². The maximum Gasteiger partial charge on any atom is 0.333 e. The standard InChI is InChI=1S/C10H16O6/c1-8(2)10(13)16-6-5-15-7-14-4-3-9(11)12/h1,3-7H2,2H3,(H,11,12). The van der Waals surface area contributed by atoms with Gasteiger partial charge in [0.25, 0.3) is 0 Å². The lowest BCUT2D eigenvalue weighted by Crippen LogP contribution is -2.13. The van der Waals surface area contributed by atoms with Crippen molar-refractivity contribution in [3.8, 4) is 0 Å². The fraction of sp³-hybridized carbons (Fsp3) is 0.600. The van der Waals surface area contributed by atoms with Gasteiger partial charge in [0, 0.05) is 5.57 Å². The smallest absolute Gasteiger partial charge is 0.333 e. The van der Waals surface area contributed by atoms with E-state index >= 15 is 0 Å². The highest BCUT2D eigenvalue weighted by Gasteiger charge is 2.01. The highest BCUT2D eigenvalue weighted by Crippen LogP contribution is 1.91. The van der Waals surface area contributed by atoms with Crippen molar-refractivity contribution in [3.63, 3.8) is 0 Å². The third kappa shape index (κ3) is 9.17. The lowest BCUT2D eigenvalue weighted by atomic mass is 10.4. The molecule has 0 aromatic carbocycles. The minimum absolute atomic E-state index is 0.0160. The molecule has 0 unspecified atom stereocenters. The molecular formula is C10H16O6. The van der Waals surface area contributed by atoms with E-state index in [9.17, 15) is 9.59 Å². The van der Waals surface area contributed by atoms with E-state index in [1.165, 1.54) is 0 Å². The quantitative estimate of drug-likeness (QED) is 0.271. The van der Waals surface area contributed by atoms with Crippen LogP contribution >= 0.6 is 0 Å². The Labute approximate surface area is 93.8 Å². The molecule has 16 heavy (non-hydrogen) atoms. The van der Waals surface area contributed by atoms with Gasteiger partial charge in [0.2, 0.25) is 0 Å². The predicted octanol–water partition coefficient (Wildman–Crippen LogP) is 0.571. The molecule has 0 aromatic heterocycles. The van der Waals surface area contributed by atoms with Gasteiger partial charge in [-0.2, -0.15) is 0 Å². The van der Waals surface area contributed by atoms with Crippen molar-refractivity contribution >= 4 is 11.9 Å². The van der Waals surface area contributed by atoms with Crippen LogP contribution in [-0.4, -0.2) is 43.7 Å². The minimum Gasteiger partial charge on any atom is -0.481 e. The molecule has 0 rings (SSSR count). The second kappa shape index (κ2) is 8.87. The molecule has 92 valence electrons. The molecule has 0 aliphatic heterocycles. The van der Waals surface area contributed by atoms with Gasteiger partial charge in [-0.1, -0.05) is 6.58 Å². The summed E-state index contributed by atoms with van der Waals surface area (Å²) in [5, 5.41) is 8.28. The largest absolute Gasteiger partial charge is 0.481 e. The van der Waals surface area contributed by atoms with Gasteiger partial charge in [-0.05, 0) is 6.92 Å². The number of esters is 1. The Morgan fingerprint density at radius 2 is 1.81 bits per heavy atom. The van der Waals surface area contributed by atoms with E-state index in [4.69, 9.17) is 19.3 Å². The van der Waals surface area contributed by atoms with Gasteiger partial charge < -0.3 is 19.3 Å². The first-order valence-electron chi connectivity index (χ1n) is 4.74. The van der Waals surface area contributed by atoms with Crippen LogP contribution < -0.4 is 0 Å². The maximum absolute atomic E-state index is 10.9. The van der Waals surface area contributed by atoms with Crippen molar-refractivity contribution in [1.29, 1.82) is 0 Å². The van der Waals surface area contributed by atoms with Gasteiger partial charge in [-0.3, -0.25) is 4.79 Å². The van der Waals surface area contributed by atoms with E-state index in [-0.39, 0.29) is 33.0 Å². The molecule has 6 heteroatoms. The zero-order chi connectivity index (χ0) is 12.4. The SMILES string of the molecule is C=C(C)C(=O)OCCOCOCCC(=O)O. The summed E-state index contributed by atoms with van der Waals surface area (Å²) in [5.74, 6) is -1.38. The Kier molecular flexibility index (Phi) is 8.10. The molecule has 0 fully saturated rings. The van der Waals surface area contributed by atoms with Gasteiger partial charge in [0.15, 0.2) is 0 Å². The molecule has 0 saturated carbocycles. The van der Waals surface area contributed by atoms with E-state index in [1.807, 2.05) is 0 Å². The Morgan fingerprint density at radius 1 is 1.19 bits per heavy atom. The molecule has 0 spiro atoms. The second-order valence-corrected chi connectivity index (χ2v) is 2.99. The van der Waals surface area contributed by atoms with E-state index in [0.717, 1.165) is 0 Å². The summed E-state index contributed by atoms with van der Waals surface area (Å²) in [5.41, 5.74) is 0.331. The van der Waals surface area contributed by atoms with Crippen molar-refractivity contribution in [2.75, 3.05) is 26.6 Å². The molecule has 0 heterocycles. The third-order valence-electron chi connectivity index (χ3n) is 1.44. The van der Waals surface area contributed by atoms with Crippen molar-refractivity contribution in [2.24, 2.45) is 0 Å². The summed E-state index contributed by atoms with van der Waals surface area (Å²) in [6.45, 7) is 5.37. The average molecular weight is 232 g/mol. The number of carboxylic acids is 1. The molecule has 0 aromatic rings. The summed E-state index contributed by atoms with van der Waals surface area (Å²) >= 11 is 0. The Balaban J connectivity index is 3.19. The maximum atomic E-state index is 10.9. The average Bonchev–Trinajstić information content (AvgIpc) is 2.21. The summed E-state index contributed by atoms with van der Waals surface area (Å²) in [6, 6.07) is 0. The molecular weight excluding hydrogens is 216 g/mol. The monoisotopic (exact) mass is 232 g/mol. The number of carboxylic acid groups (broad SMARTS) is 1. The van der Waals surface area contributed by atoms with Gasteiger partial charge in [-0.25, -0.2) is 4.79 Å². The highest BCUT2D eigenvalue weighted by atomic mass is 16.7. The van der Waals surface area contributed by atoms with E-state index < -0.39 is 11.9 Å². The number of rotatable bonds is 9. The summed E-state index contributed by atoms with van der Waals surface area (Å²) in [6.07, 6.45) is -0.0615. The number of carbonyl (C=O) groups is 2. The zero-order valence-electron chi connectivity index (χ0n) is 9.23. The molecule has 1 N–H and O–H groups in total. The first-order chi connectivity index (χ1) is 7.54. The molecule has 0 bridgehead atoms. The van der Waals surface area contributed by atoms with Crippen LogP contribution in [0.2, 0.25) is 0 Å². The number of hydrogen-bond donors (Lipinski definition) is 1. The normalized spacial score (nSPS) is 9.81. The van der Waals surface area contributed by atoms with Crippen molar-refractivity contribution in [2.45, 2.75) is 13.3 Å². The van der Waals surface area contributed by atoms with Crippen LogP contribution in [0.15, 0.2) is 12.2 Å². The summed E-state index contributed by atoms with van der Waals surface area (Å²) in [4.78, 5) is 21.0. The summed E-state index contributed by atoms with van der Waals surface area (Å²) < 4.78 is 14.5. The van der Waals surface area contributed by atoms with Gasteiger partial charge >= 0.3 is 11.9 Å². The Morgan fingerprint density at radius 3 is 2.38 bits per heavy atom. The molecule has 0 saturated heterocycles. The molecule has 0 atom stereocenters. The van der Waals surface area contributed by atoms with Gasteiger partial charge in [0.1, 0.15) is 13.4 Å². The fourth-order valence-electron chi connectivity index (χ4n) is 0.653. The number of hydrogen-bond acceptors (Lipinski definition) is 5. The molecule has 0 aliphatic carbocycles. The predicted molar refractivity (Wildman–Crippen MR) is 54.8 cm³/mol. The third-order valence-corrected chi connectivity index (χ3v) is 1.44. The minimum atomic E-state index is -0.921. The number of ether oxygens (including phenoxy) is 3. The lowest BCUT2D eigenvalue weighted by molar-refractivity contribution is -0.144. The van der Waals surface area contributed by atoms with E-state index in [0.29, 0.717) is 5.57 Å². The van der Waals surface area contributed by atoms with Gasteiger partial charge in [-0.15, -0.1) is 0 Å². The first kappa shape index (κ1) is 14.6. The molecule has 0 amide bonds. The topological polar surface area (TPSA) is 82.1 Å². The van der Waals surface area contributed by atoms with Crippen LogP contribution in [0, 0.1) is 0 Å². The van der Waals surface area contributed by atoms with Crippen LogP contribution in [-0.2, 0) is 23.8 Å². The Bertz CT molecular complexity index is 248. The second-order valence-electron chi connectivity index (χ2n) is 2.99. The van der Waals surface area contributed by atoms with E-state index in [2.05, 4.69) is 6.58 Å². The van der Waals surface area contributed by atoms with Crippen LogP contribution in [0.4, 0.5) is 0 Å². The Hall–Kier alpha value is -1.40. The molecule has 0 radical (unpaired) electrons. The molecule has 0 aliphatic rings. The zero-order valence-corrected chi connectivity index (χ0v) is 9.23. The van der Waals surface area contributed by atoms with Crippen LogP contribution in [0.5, 0.6) is 0 Å². The van der Waals surface area contributed by atoms with E-state index in [1.54, 1.807) is 6.92 Å². The number of carbonyl (C=O) groups excluding carboxylic acids is 1. The lowest BCUT2D eigenvalue weighted by Gasteiger charge is -2.05. The first-order valence-corrected chi connectivity index (χ1v) is 4.74. The van der Waals surface area contributed by atoms with Crippen LogP contribution in [0.25, 0.3) is 0 Å². The van der Waals surface area contributed by atoms with Crippen molar-refractivity contribution in [1.82, 2.24) is 0 Å². The van der Waals surface area contributed by atoms with Gasteiger partial charge in [0.05, 0.1) is 19.6 Å². The van der Waals surface area contributed by atoms with Crippen molar-refractivity contribution < 1.29 is 28.9 Å². The summed E-state index contributed by atoms with van der Waals surface area (Å²) in [7, 11) is 0. The van der Waals surface area contributed by atoms with Crippen molar-refractivity contribution in [3.05, 3.63) is 12.2 Å². The fourth-order valence-corrected chi connectivity index (χ4v) is 0.653. The van der Waals surface area contributed by atoms with Crippen LogP contribution in [0.3, 0.4) is 0 Å².